The Labute approximate surface area is 207 Å². The van der Waals surface area contributed by atoms with E-state index in [2.05, 4.69) is 24.1 Å². The lowest BCUT2D eigenvalue weighted by Crippen LogP contribution is -2.37. The first-order chi connectivity index (χ1) is 17.0. The molecule has 0 saturated carbocycles. The van der Waals surface area contributed by atoms with Crippen LogP contribution in [0.5, 0.6) is 23.0 Å². The molecule has 1 amide bonds. The van der Waals surface area contributed by atoms with Crippen LogP contribution in [-0.2, 0) is 24.0 Å². The van der Waals surface area contributed by atoms with Crippen LogP contribution in [0.2, 0.25) is 0 Å². The van der Waals surface area contributed by atoms with Crippen LogP contribution < -0.4 is 18.9 Å². The van der Waals surface area contributed by atoms with Crippen molar-refractivity contribution >= 4 is 6.09 Å². The zero-order chi connectivity index (χ0) is 24.9. The highest BCUT2D eigenvalue weighted by atomic mass is 16.6. The number of hydrogen-bond acceptors (Lipinski definition) is 7. The van der Waals surface area contributed by atoms with Crippen molar-refractivity contribution in [3.8, 4) is 23.0 Å². The van der Waals surface area contributed by atoms with Crippen LogP contribution in [0.15, 0.2) is 24.3 Å². The second-order valence-corrected chi connectivity index (χ2v) is 9.15. The topological polar surface area (TPSA) is 69.7 Å². The molecule has 1 aliphatic carbocycles. The molecule has 0 bridgehead atoms. The minimum absolute atomic E-state index is 0.254. The number of methoxy groups -OCH3 is 4. The number of carbonyl (C=O) groups excluding carboxylic acids is 1. The summed E-state index contributed by atoms with van der Waals surface area (Å²) < 4.78 is 27.3. The van der Waals surface area contributed by atoms with E-state index in [-0.39, 0.29) is 6.09 Å². The summed E-state index contributed by atoms with van der Waals surface area (Å²) in [5.41, 5.74) is 4.99. The molecule has 4 rings (SSSR count). The van der Waals surface area contributed by atoms with E-state index in [0.717, 1.165) is 48.8 Å². The molecule has 190 valence electrons. The summed E-state index contributed by atoms with van der Waals surface area (Å²) in [4.78, 5) is 16.7. The molecule has 35 heavy (non-hydrogen) atoms. The van der Waals surface area contributed by atoms with Crippen molar-refractivity contribution in [2.24, 2.45) is 0 Å². The molecule has 1 unspecified atom stereocenters. The highest BCUT2D eigenvalue weighted by Crippen LogP contribution is 2.42. The van der Waals surface area contributed by atoms with Crippen molar-refractivity contribution in [2.75, 3.05) is 68.3 Å². The van der Waals surface area contributed by atoms with Gasteiger partial charge >= 0.3 is 6.09 Å². The first-order valence-corrected chi connectivity index (χ1v) is 12.1. The molecule has 2 aromatic rings. The molecule has 2 aliphatic rings. The lowest BCUT2D eigenvalue weighted by molar-refractivity contribution is 0.0939. The number of benzene rings is 2. The molecule has 0 radical (unpaired) electrons. The van der Waals surface area contributed by atoms with E-state index in [1.807, 2.05) is 12.1 Å². The molecular weight excluding hydrogens is 448 g/mol. The van der Waals surface area contributed by atoms with Crippen molar-refractivity contribution in [3.63, 3.8) is 0 Å². The summed E-state index contributed by atoms with van der Waals surface area (Å²) >= 11 is 0. The van der Waals surface area contributed by atoms with Crippen LogP contribution in [0, 0.1) is 0 Å². The van der Waals surface area contributed by atoms with E-state index >= 15 is 0 Å². The molecule has 1 aliphatic heterocycles. The monoisotopic (exact) mass is 484 g/mol. The Kier molecular flexibility index (Phi) is 7.90. The molecule has 2 aromatic carbocycles. The highest BCUT2D eigenvalue weighted by molar-refractivity contribution is 5.68. The Balaban J connectivity index is 1.24. The third-order valence-corrected chi connectivity index (χ3v) is 7.05. The molecule has 8 heteroatoms. The van der Waals surface area contributed by atoms with Crippen LogP contribution in [-0.4, -0.2) is 84.2 Å². The van der Waals surface area contributed by atoms with Gasteiger partial charge in [-0.15, -0.1) is 0 Å². The van der Waals surface area contributed by atoms with Gasteiger partial charge in [-0.2, -0.15) is 0 Å². The van der Waals surface area contributed by atoms with Gasteiger partial charge < -0.3 is 33.5 Å². The zero-order valence-corrected chi connectivity index (χ0v) is 21.4. The normalized spacial score (nSPS) is 16.5. The summed E-state index contributed by atoms with van der Waals surface area (Å²) in [7, 11) is 8.66. The molecule has 0 fully saturated rings. The maximum Gasteiger partial charge on any atom is 0.409 e. The number of fused-ring (bicyclic) bond motifs is 2. The predicted octanol–water partition coefficient (Wildman–Crippen LogP) is 3.53. The molecule has 0 spiro atoms. The van der Waals surface area contributed by atoms with Gasteiger partial charge in [-0.1, -0.05) is 0 Å². The van der Waals surface area contributed by atoms with E-state index in [0.29, 0.717) is 32.2 Å². The third-order valence-electron chi connectivity index (χ3n) is 7.05. The summed E-state index contributed by atoms with van der Waals surface area (Å²) in [5, 5.41) is 0. The van der Waals surface area contributed by atoms with Gasteiger partial charge in [0.25, 0.3) is 0 Å². The number of ether oxygens (including phenoxy) is 5. The standard InChI is InChI=1S/C27H36N2O6/c1-28(17-21-12-20-15-25(33-4)26(34-5)16-22(20)21)10-11-35-27(30)29-8-6-18-13-23(31-2)24(32-3)14-19(18)7-9-29/h13-16,21H,6-12,17H2,1-5H3. The fourth-order valence-electron chi connectivity index (χ4n) is 4.98. The second-order valence-electron chi connectivity index (χ2n) is 9.15. The minimum Gasteiger partial charge on any atom is -0.493 e. The van der Waals surface area contributed by atoms with E-state index in [1.54, 1.807) is 33.3 Å². The Morgan fingerprint density at radius 2 is 1.37 bits per heavy atom. The summed E-state index contributed by atoms with van der Waals surface area (Å²) in [6.45, 7) is 3.21. The summed E-state index contributed by atoms with van der Waals surface area (Å²) in [6, 6.07) is 8.18. The van der Waals surface area contributed by atoms with Crippen molar-refractivity contribution in [3.05, 3.63) is 46.5 Å². The van der Waals surface area contributed by atoms with Gasteiger partial charge in [0.1, 0.15) is 6.61 Å². The van der Waals surface area contributed by atoms with Gasteiger partial charge in [-0.25, -0.2) is 4.79 Å². The van der Waals surface area contributed by atoms with Gasteiger partial charge in [0.15, 0.2) is 23.0 Å². The van der Waals surface area contributed by atoms with Crippen molar-refractivity contribution in [1.82, 2.24) is 9.80 Å². The van der Waals surface area contributed by atoms with Crippen LogP contribution >= 0.6 is 0 Å². The van der Waals surface area contributed by atoms with Crippen molar-refractivity contribution in [2.45, 2.75) is 25.2 Å². The molecule has 0 aromatic heterocycles. The summed E-state index contributed by atoms with van der Waals surface area (Å²) in [6.07, 6.45) is 2.29. The number of nitrogens with zero attached hydrogens (tertiary/aromatic N) is 2. The third kappa shape index (κ3) is 5.42. The van der Waals surface area contributed by atoms with Gasteiger partial charge in [0.05, 0.1) is 28.4 Å². The van der Waals surface area contributed by atoms with E-state index in [1.165, 1.54) is 22.3 Å². The minimum atomic E-state index is -0.254. The zero-order valence-electron chi connectivity index (χ0n) is 21.4. The van der Waals surface area contributed by atoms with Crippen molar-refractivity contribution < 1.29 is 28.5 Å². The van der Waals surface area contributed by atoms with Gasteiger partial charge in [0, 0.05) is 32.1 Å². The van der Waals surface area contributed by atoms with Crippen LogP contribution in [0.3, 0.4) is 0 Å². The first-order valence-electron chi connectivity index (χ1n) is 12.1. The molecular formula is C27H36N2O6. The Hall–Kier alpha value is -3.13. The first kappa shape index (κ1) is 25.0. The quantitative estimate of drug-likeness (QED) is 0.539. The molecule has 1 heterocycles. The van der Waals surface area contributed by atoms with Gasteiger partial charge in [0.2, 0.25) is 0 Å². The fourth-order valence-corrected chi connectivity index (χ4v) is 4.98. The predicted molar refractivity (Wildman–Crippen MR) is 133 cm³/mol. The fraction of sp³-hybridized carbons (Fsp3) is 0.519. The number of carbonyl (C=O) groups is 1. The molecule has 1 atom stereocenters. The number of hydrogen-bond donors (Lipinski definition) is 0. The SMILES string of the molecule is COc1cc2c(cc1OC)CCN(C(=O)OCCN(C)CC1Cc3cc(OC)c(OC)cc31)CC2. The maximum absolute atomic E-state index is 12.7. The molecule has 0 N–H and O–H groups in total. The average Bonchev–Trinajstić information content (AvgIpc) is 3.08. The Morgan fingerprint density at radius 1 is 0.857 bits per heavy atom. The molecule has 0 saturated heterocycles. The highest BCUT2D eigenvalue weighted by Gasteiger charge is 2.29. The van der Waals surface area contributed by atoms with E-state index in [4.69, 9.17) is 23.7 Å². The smallest absolute Gasteiger partial charge is 0.409 e. The van der Waals surface area contributed by atoms with Crippen molar-refractivity contribution in [1.29, 1.82) is 0 Å². The summed E-state index contributed by atoms with van der Waals surface area (Å²) in [5.74, 6) is 3.43. The largest absolute Gasteiger partial charge is 0.493 e. The number of amides is 1. The van der Waals surface area contributed by atoms with Crippen LogP contribution in [0.25, 0.3) is 0 Å². The maximum atomic E-state index is 12.7. The number of rotatable bonds is 9. The second kappa shape index (κ2) is 11.1. The van der Waals surface area contributed by atoms with E-state index < -0.39 is 0 Å². The Bertz CT molecular complexity index is 1020. The lowest BCUT2D eigenvalue weighted by atomic mass is 9.77. The average molecular weight is 485 g/mol. The van der Waals surface area contributed by atoms with Gasteiger partial charge in [-0.3, -0.25) is 0 Å². The van der Waals surface area contributed by atoms with Crippen LogP contribution in [0.4, 0.5) is 4.79 Å². The number of likely N-dealkylation sites (N-methyl/N-ethyl adjacent to an activating group) is 1. The Morgan fingerprint density at radius 3 is 1.91 bits per heavy atom. The molecule has 8 nitrogen and oxygen atoms in total. The van der Waals surface area contributed by atoms with Crippen LogP contribution in [0.1, 0.15) is 28.2 Å². The van der Waals surface area contributed by atoms with E-state index in [9.17, 15) is 4.79 Å². The lowest BCUT2D eigenvalue weighted by Gasteiger charge is -2.34. The van der Waals surface area contributed by atoms with Gasteiger partial charge in [-0.05, 0) is 72.8 Å².